The van der Waals surface area contributed by atoms with E-state index >= 15 is 0 Å². The smallest absolute Gasteiger partial charge is 0.259 e. The molecule has 0 aliphatic carbocycles. The van der Waals surface area contributed by atoms with Crippen LogP contribution in [0.4, 0.5) is 38.0 Å². The van der Waals surface area contributed by atoms with E-state index in [9.17, 15) is 41.4 Å². The van der Waals surface area contributed by atoms with Crippen molar-refractivity contribution < 1.29 is 40.2 Å². The van der Waals surface area contributed by atoms with Crippen molar-refractivity contribution in [3.63, 3.8) is 0 Å². The van der Waals surface area contributed by atoms with Gasteiger partial charge in [-0.2, -0.15) is 56.3 Å². The Labute approximate surface area is 261 Å². The first-order valence-corrected chi connectivity index (χ1v) is 13.8. The van der Waals surface area contributed by atoms with Crippen molar-refractivity contribution in [2.75, 3.05) is 11.0 Å². The Kier molecular flexibility index (Phi) is 9.63. The molecule has 2 heterocycles. The minimum absolute atomic E-state index is 0.271. The Hall–Kier alpha value is -3.67. The van der Waals surface area contributed by atoms with E-state index in [0.717, 1.165) is 21.5 Å². The van der Waals surface area contributed by atoms with E-state index < -0.39 is 51.8 Å². The average Bonchev–Trinajstić information content (AvgIpc) is 3.52. The summed E-state index contributed by atoms with van der Waals surface area (Å²) in [5.74, 6) is -0.542. The maximum atomic E-state index is 13.1. The lowest BCUT2D eigenvalue weighted by molar-refractivity contribution is -0.138. The van der Waals surface area contributed by atoms with Crippen LogP contribution in [0, 0.1) is 22.7 Å². The van der Waals surface area contributed by atoms with Gasteiger partial charge in [0.25, 0.3) is 0 Å². The van der Waals surface area contributed by atoms with Gasteiger partial charge in [-0.1, -0.05) is 46.4 Å². The summed E-state index contributed by atoms with van der Waals surface area (Å²) in [6.45, 7) is 0. The Morgan fingerprint density at radius 2 is 1.00 bits per heavy atom. The minimum atomic E-state index is -4.77. The zero-order valence-electron chi connectivity index (χ0n) is 20.7. The molecule has 44 heavy (non-hydrogen) atoms. The van der Waals surface area contributed by atoms with Crippen LogP contribution in [0.2, 0.25) is 20.1 Å². The number of nitrogens with one attached hydrogen (secondary N) is 2. The van der Waals surface area contributed by atoms with Gasteiger partial charge in [-0.25, -0.2) is 20.3 Å². The van der Waals surface area contributed by atoms with Crippen molar-refractivity contribution in [2.45, 2.75) is 12.4 Å². The van der Waals surface area contributed by atoms with E-state index in [4.69, 9.17) is 55.7 Å². The number of rotatable bonds is 8. The molecular weight excluding hydrogens is 711 g/mol. The van der Waals surface area contributed by atoms with Crippen LogP contribution in [0.25, 0.3) is 11.4 Å². The number of aromatic nitrogens is 4. The van der Waals surface area contributed by atoms with Gasteiger partial charge >= 0.3 is 20.6 Å². The number of anilines is 2. The molecule has 22 heteroatoms. The molecule has 0 atom stereocenters. The van der Waals surface area contributed by atoms with E-state index in [-0.39, 0.29) is 34.4 Å². The Bertz CT molecular complexity index is 1690. The summed E-state index contributed by atoms with van der Waals surface area (Å²) in [6, 6.07) is 7.78. The summed E-state index contributed by atoms with van der Waals surface area (Å²) in [5.41, 5.74) is 0.875. The van der Waals surface area contributed by atoms with Crippen LogP contribution in [0.3, 0.4) is 0 Å². The van der Waals surface area contributed by atoms with Crippen molar-refractivity contribution in [1.29, 1.82) is 10.5 Å². The largest absolute Gasteiger partial charge is 0.416 e. The van der Waals surface area contributed by atoms with Crippen LogP contribution in [0.1, 0.15) is 22.5 Å². The van der Waals surface area contributed by atoms with Gasteiger partial charge in [-0.15, -0.1) is 0 Å². The lowest BCUT2D eigenvalue weighted by Gasteiger charge is -2.15. The maximum Gasteiger partial charge on any atom is 0.416 e. The second-order valence-electron chi connectivity index (χ2n) is 8.11. The first kappa shape index (κ1) is 33.2. The van der Waals surface area contributed by atoms with Crippen molar-refractivity contribution >= 4 is 66.3 Å². The standard InChI is InChI=1S/C22H9Cl4F6N8O3P/c23-13-1-9(21(27,28)29)2-14(24)19(13)39-17(5-11(7-33)35-39)37-42-44(41)43-38-18-6-12(8-34)36-40(18)20-15(25)3-10(4-16(20)26)22(30,31)32/h1-6,37-38,44H. The highest BCUT2D eigenvalue weighted by Gasteiger charge is 2.34. The van der Waals surface area contributed by atoms with Crippen LogP contribution in [0.5, 0.6) is 0 Å². The fourth-order valence-corrected chi connectivity index (χ4v) is 5.14. The first-order chi connectivity index (χ1) is 20.5. The average molecular weight is 720 g/mol. The quantitative estimate of drug-likeness (QED) is 0.105. The Balaban J connectivity index is 1.55. The lowest BCUT2D eigenvalue weighted by atomic mass is 10.2. The molecule has 0 radical (unpaired) electrons. The Morgan fingerprint density at radius 1 is 0.682 bits per heavy atom. The molecule has 0 spiro atoms. The molecule has 0 amide bonds. The highest BCUT2D eigenvalue weighted by atomic mass is 35.5. The molecule has 0 bridgehead atoms. The van der Waals surface area contributed by atoms with E-state index in [1.165, 1.54) is 0 Å². The van der Waals surface area contributed by atoms with Gasteiger partial charge in [-0.3, -0.25) is 4.57 Å². The third-order valence-corrected chi connectivity index (χ3v) is 6.93. The minimum Gasteiger partial charge on any atom is -0.259 e. The van der Waals surface area contributed by atoms with Gasteiger partial charge in [0.2, 0.25) is 0 Å². The number of halogens is 10. The molecule has 0 unspecified atom stereocenters. The van der Waals surface area contributed by atoms with E-state index in [0.29, 0.717) is 24.3 Å². The molecule has 0 fully saturated rings. The van der Waals surface area contributed by atoms with E-state index in [1.807, 2.05) is 0 Å². The summed E-state index contributed by atoms with van der Waals surface area (Å²) in [5, 5.41) is 24.2. The van der Waals surface area contributed by atoms with Gasteiger partial charge in [0.15, 0.2) is 23.0 Å². The fraction of sp³-hybridized carbons (Fsp3) is 0.0909. The summed E-state index contributed by atoms with van der Waals surface area (Å²) >= 11 is 24.1. The van der Waals surface area contributed by atoms with Crippen LogP contribution in [0.15, 0.2) is 36.4 Å². The number of hydrogen-bond acceptors (Lipinski definition) is 9. The molecule has 2 aromatic heterocycles. The number of nitriles is 2. The molecule has 4 aromatic rings. The first-order valence-electron chi connectivity index (χ1n) is 11.1. The third kappa shape index (κ3) is 7.17. The number of nitrogens with zero attached hydrogens (tertiary/aromatic N) is 6. The summed E-state index contributed by atoms with van der Waals surface area (Å²) in [4.78, 5) is 0. The molecule has 0 saturated heterocycles. The SMILES string of the molecule is N#Cc1cc(NO[PH](=O)ONc2cc(C#N)nn2-c2c(Cl)cc(C(F)(F)F)cc2Cl)n(-c2c(Cl)cc(C(F)(F)F)cc2Cl)n1. The monoisotopic (exact) mass is 718 g/mol. The lowest BCUT2D eigenvalue weighted by Crippen LogP contribution is -2.10. The highest BCUT2D eigenvalue weighted by Crippen LogP contribution is 2.40. The fourth-order valence-electron chi connectivity index (χ4n) is 3.43. The molecule has 0 aliphatic heterocycles. The third-order valence-electron chi connectivity index (χ3n) is 5.24. The van der Waals surface area contributed by atoms with Crippen molar-refractivity contribution in [3.8, 4) is 23.5 Å². The molecule has 11 nitrogen and oxygen atoms in total. The molecule has 2 N–H and O–H groups in total. The van der Waals surface area contributed by atoms with Gasteiger partial charge < -0.3 is 0 Å². The van der Waals surface area contributed by atoms with Gasteiger partial charge in [0.05, 0.1) is 31.2 Å². The molecular formula is C22H9Cl4F6N8O3P. The normalized spacial score (nSPS) is 11.8. The number of alkyl halides is 6. The second kappa shape index (κ2) is 12.7. The Morgan fingerprint density at radius 3 is 1.27 bits per heavy atom. The topological polar surface area (TPSA) is 143 Å². The molecule has 0 saturated carbocycles. The molecule has 4 rings (SSSR count). The van der Waals surface area contributed by atoms with Crippen LogP contribution in [-0.4, -0.2) is 19.6 Å². The van der Waals surface area contributed by atoms with Crippen LogP contribution >= 0.6 is 54.7 Å². The second-order valence-corrected chi connectivity index (χ2v) is 10.6. The van der Waals surface area contributed by atoms with Crippen LogP contribution in [-0.2, 0) is 26.2 Å². The van der Waals surface area contributed by atoms with Gasteiger partial charge in [0.1, 0.15) is 23.5 Å². The molecule has 2 aromatic carbocycles. The maximum absolute atomic E-state index is 13.1. The highest BCUT2D eigenvalue weighted by molar-refractivity contribution is 7.33. The van der Waals surface area contributed by atoms with Gasteiger partial charge in [0, 0.05) is 12.1 Å². The molecule has 0 aliphatic rings. The number of benzene rings is 2. The zero-order chi connectivity index (χ0) is 32.6. The van der Waals surface area contributed by atoms with Crippen molar-refractivity contribution in [1.82, 2.24) is 19.6 Å². The van der Waals surface area contributed by atoms with Crippen LogP contribution < -0.4 is 11.0 Å². The van der Waals surface area contributed by atoms with E-state index in [2.05, 4.69) is 21.2 Å². The summed E-state index contributed by atoms with van der Waals surface area (Å²) < 4.78 is 103. The summed E-state index contributed by atoms with van der Waals surface area (Å²) in [7, 11) is -3.62. The predicted molar refractivity (Wildman–Crippen MR) is 145 cm³/mol. The molecule has 230 valence electrons. The van der Waals surface area contributed by atoms with Crippen molar-refractivity contribution in [3.05, 3.63) is 79.0 Å². The van der Waals surface area contributed by atoms with E-state index in [1.54, 1.807) is 12.1 Å². The van der Waals surface area contributed by atoms with Crippen molar-refractivity contribution in [2.24, 2.45) is 0 Å². The summed E-state index contributed by atoms with van der Waals surface area (Å²) in [6.07, 6.45) is -9.54. The predicted octanol–water partition coefficient (Wildman–Crippen LogP) is 8.23. The number of hydrogen-bond donors (Lipinski definition) is 2. The van der Waals surface area contributed by atoms with Gasteiger partial charge in [-0.05, 0) is 24.3 Å². The zero-order valence-corrected chi connectivity index (χ0v) is 24.7.